The second-order valence-corrected chi connectivity index (χ2v) is 9.15. The van der Waals surface area contributed by atoms with E-state index in [0.717, 1.165) is 12.8 Å². The fourth-order valence-electron chi connectivity index (χ4n) is 4.28. The summed E-state index contributed by atoms with van der Waals surface area (Å²) in [6.07, 6.45) is 1.83. The van der Waals surface area contributed by atoms with Gasteiger partial charge in [-0.25, -0.2) is 13.1 Å². The van der Waals surface area contributed by atoms with Gasteiger partial charge in [-0.05, 0) is 24.2 Å². The van der Waals surface area contributed by atoms with E-state index in [4.69, 9.17) is 23.2 Å². The molecule has 1 aliphatic heterocycles. The molecule has 1 spiro atoms. The van der Waals surface area contributed by atoms with E-state index in [9.17, 15) is 8.42 Å². The van der Waals surface area contributed by atoms with Crippen molar-refractivity contribution in [1.29, 1.82) is 0 Å². The Morgan fingerprint density at radius 2 is 1.94 bits per heavy atom. The fourth-order valence-corrected chi connectivity index (χ4v) is 7.92. The second kappa shape index (κ2) is 2.73. The van der Waals surface area contributed by atoms with E-state index < -0.39 is 14.4 Å². The number of rotatable bonds is 0. The van der Waals surface area contributed by atoms with Crippen molar-refractivity contribution in [1.82, 2.24) is 4.72 Å². The molecule has 0 aromatic rings. The molecule has 3 atom stereocenters. The highest BCUT2D eigenvalue weighted by Gasteiger charge is 2.77. The third kappa shape index (κ3) is 1.03. The average Bonchev–Trinajstić information content (AvgIpc) is 2.53. The van der Waals surface area contributed by atoms with Crippen molar-refractivity contribution in [3.63, 3.8) is 0 Å². The Bertz CT molecular complexity index is 459. The highest BCUT2D eigenvalue weighted by molar-refractivity contribution is 7.89. The maximum Gasteiger partial charge on any atom is 0.212 e. The molecular weight excluding hydrogens is 269 g/mol. The minimum absolute atomic E-state index is 0.113. The fraction of sp³-hybridized carbons (Fsp3) is 1.00. The maximum absolute atomic E-state index is 11.8. The molecule has 3 nitrogen and oxygen atoms in total. The smallest absolute Gasteiger partial charge is 0.212 e. The number of nitrogens with one attached hydrogen (secondary N) is 1. The van der Waals surface area contributed by atoms with Gasteiger partial charge < -0.3 is 0 Å². The normalized spacial score (nSPS) is 50.5. The first kappa shape index (κ1) is 11.6. The summed E-state index contributed by atoms with van der Waals surface area (Å²) >= 11 is 12.8. The van der Waals surface area contributed by atoms with Crippen LogP contribution in [0.25, 0.3) is 0 Å². The number of hydrogen-bond acceptors (Lipinski definition) is 2. The molecule has 3 aliphatic rings. The van der Waals surface area contributed by atoms with Crippen molar-refractivity contribution in [3.05, 3.63) is 0 Å². The molecular formula is C10H15Cl2NO2S. The van der Waals surface area contributed by atoms with Gasteiger partial charge in [-0.2, -0.15) is 0 Å². The van der Waals surface area contributed by atoms with Crippen molar-refractivity contribution >= 4 is 33.2 Å². The van der Waals surface area contributed by atoms with Gasteiger partial charge in [0.1, 0.15) is 4.33 Å². The molecule has 0 radical (unpaired) electrons. The van der Waals surface area contributed by atoms with Crippen LogP contribution in [0.1, 0.15) is 26.7 Å². The number of alkyl halides is 2. The van der Waals surface area contributed by atoms with E-state index in [1.54, 1.807) is 0 Å². The van der Waals surface area contributed by atoms with Crippen LogP contribution in [0, 0.1) is 16.7 Å². The van der Waals surface area contributed by atoms with E-state index in [0.29, 0.717) is 0 Å². The molecule has 16 heavy (non-hydrogen) atoms. The Hall–Kier alpha value is 0.490. The third-order valence-corrected chi connectivity index (χ3v) is 7.63. The van der Waals surface area contributed by atoms with Gasteiger partial charge >= 0.3 is 0 Å². The summed E-state index contributed by atoms with van der Waals surface area (Å²) in [5, 5.41) is 0. The molecule has 6 heteroatoms. The molecule has 2 aliphatic carbocycles. The van der Waals surface area contributed by atoms with Crippen LogP contribution in [0.5, 0.6) is 0 Å². The first-order chi connectivity index (χ1) is 7.14. The summed E-state index contributed by atoms with van der Waals surface area (Å²) in [7, 11) is -3.21. The van der Waals surface area contributed by atoms with Gasteiger partial charge in [0.2, 0.25) is 10.0 Å². The summed E-state index contributed by atoms with van der Waals surface area (Å²) < 4.78 is 25.3. The highest BCUT2D eigenvalue weighted by atomic mass is 35.5. The van der Waals surface area contributed by atoms with Crippen molar-refractivity contribution in [2.45, 2.75) is 37.1 Å². The molecule has 3 fully saturated rings. The second-order valence-electron chi connectivity index (χ2n) is 5.95. The quantitative estimate of drug-likeness (QED) is 0.691. The Morgan fingerprint density at radius 3 is 2.50 bits per heavy atom. The Labute approximate surface area is 106 Å². The van der Waals surface area contributed by atoms with Crippen LogP contribution in [0.15, 0.2) is 0 Å². The van der Waals surface area contributed by atoms with Crippen LogP contribution in [0.2, 0.25) is 0 Å². The Balaban J connectivity index is 2.21. The minimum Gasteiger partial charge on any atom is -0.212 e. The summed E-state index contributed by atoms with van der Waals surface area (Å²) in [5.74, 6) is 0.353. The average molecular weight is 284 g/mol. The van der Waals surface area contributed by atoms with Crippen LogP contribution in [-0.4, -0.2) is 24.5 Å². The largest absolute Gasteiger partial charge is 0.212 e. The zero-order valence-electron chi connectivity index (χ0n) is 9.26. The molecule has 2 saturated carbocycles. The Kier molecular flexibility index (Phi) is 1.98. The lowest BCUT2D eigenvalue weighted by atomic mass is 9.69. The molecule has 1 N–H and O–H groups in total. The highest BCUT2D eigenvalue weighted by Crippen LogP contribution is 2.73. The third-order valence-electron chi connectivity index (χ3n) is 5.18. The summed E-state index contributed by atoms with van der Waals surface area (Å²) in [4.78, 5) is 0. The summed E-state index contributed by atoms with van der Waals surface area (Å²) in [6, 6.07) is -0.318. The van der Waals surface area contributed by atoms with Gasteiger partial charge in [-0.15, -0.1) is 0 Å². The molecule has 0 unspecified atom stereocenters. The first-order valence-electron chi connectivity index (χ1n) is 5.51. The summed E-state index contributed by atoms with van der Waals surface area (Å²) in [6.45, 7) is 4.21. The number of fused-ring (bicyclic) bond motifs is 1. The van der Waals surface area contributed by atoms with Crippen molar-refractivity contribution in [3.8, 4) is 0 Å². The molecule has 0 aromatic carbocycles. The van der Waals surface area contributed by atoms with Crippen molar-refractivity contribution < 1.29 is 8.42 Å². The van der Waals surface area contributed by atoms with Crippen LogP contribution in [0.3, 0.4) is 0 Å². The van der Waals surface area contributed by atoms with Gasteiger partial charge in [0.05, 0.1) is 11.8 Å². The van der Waals surface area contributed by atoms with Gasteiger partial charge in [-0.3, -0.25) is 0 Å². The molecule has 0 aromatic heterocycles. The zero-order valence-corrected chi connectivity index (χ0v) is 11.6. The van der Waals surface area contributed by atoms with Crippen molar-refractivity contribution in [2.75, 3.05) is 5.75 Å². The van der Waals surface area contributed by atoms with E-state index in [1.165, 1.54) is 0 Å². The van der Waals surface area contributed by atoms with Crippen molar-refractivity contribution in [2.24, 2.45) is 16.7 Å². The lowest BCUT2D eigenvalue weighted by molar-refractivity contribution is 0.146. The van der Waals surface area contributed by atoms with E-state index in [2.05, 4.69) is 18.6 Å². The number of halogens is 2. The van der Waals surface area contributed by atoms with Gasteiger partial charge in [0.25, 0.3) is 0 Å². The van der Waals surface area contributed by atoms with E-state index >= 15 is 0 Å². The standard InChI is InChI=1S/C10H15Cl2NO2S/c1-8(2)6-3-4-9(8)5-16(14,15)13-7(9)10(6,11)12/h6-7,13H,3-5H2,1-2H3/t6-,7+,9-/m1/s1. The monoisotopic (exact) mass is 283 g/mol. The van der Waals surface area contributed by atoms with E-state index in [-0.39, 0.29) is 28.5 Å². The van der Waals surface area contributed by atoms with Crippen LogP contribution < -0.4 is 4.72 Å². The maximum atomic E-state index is 11.8. The molecule has 92 valence electrons. The predicted molar refractivity (Wildman–Crippen MR) is 64.1 cm³/mol. The van der Waals surface area contributed by atoms with Gasteiger partial charge in [0.15, 0.2) is 0 Å². The molecule has 1 heterocycles. The topological polar surface area (TPSA) is 46.2 Å². The minimum atomic E-state index is -3.21. The first-order valence-corrected chi connectivity index (χ1v) is 7.92. The Morgan fingerprint density at radius 1 is 1.31 bits per heavy atom. The number of sulfonamides is 1. The molecule has 3 rings (SSSR count). The summed E-state index contributed by atoms with van der Waals surface area (Å²) in [5.41, 5.74) is -0.391. The van der Waals surface area contributed by atoms with Gasteiger partial charge in [-0.1, -0.05) is 37.0 Å². The van der Waals surface area contributed by atoms with E-state index in [1.807, 2.05) is 0 Å². The molecule has 1 saturated heterocycles. The van der Waals surface area contributed by atoms with Crippen LogP contribution in [0.4, 0.5) is 0 Å². The molecule has 0 amide bonds. The van der Waals surface area contributed by atoms with Crippen LogP contribution >= 0.6 is 23.2 Å². The zero-order chi connectivity index (χ0) is 12.0. The van der Waals surface area contributed by atoms with Crippen LogP contribution in [-0.2, 0) is 10.0 Å². The SMILES string of the molecule is CC1(C)[C@H]2CC[C@]13CS(=O)(=O)N[C@@H]3C2(Cl)Cl. The lowest BCUT2D eigenvalue weighted by Gasteiger charge is -2.36. The molecule has 2 bridgehead atoms. The van der Waals surface area contributed by atoms with Gasteiger partial charge in [0, 0.05) is 5.41 Å². The lowest BCUT2D eigenvalue weighted by Crippen LogP contribution is -2.48. The predicted octanol–water partition coefficient (Wildman–Crippen LogP) is 1.90. The number of hydrogen-bond donors (Lipinski definition) is 1.